The van der Waals surface area contributed by atoms with E-state index in [9.17, 15) is 8.42 Å². The molecule has 1 fully saturated rings. The average Bonchev–Trinajstić information content (AvgIpc) is 2.87. The van der Waals surface area contributed by atoms with Gasteiger partial charge in [0.2, 0.25) is 10.0 Å². The van der Waals surface area contributed by atoms with Crippen molar-refractivity contribution < 1.29 is 8.42 Å². The largest absolute Gasteiger partial charge is 0.356 e. The number of rotatable bonds is 8. The minimum absolute atomic E-state index is 0.121. The van der Waals surface area contributed by atoms with Crippen molar-refractivity contribution in [1.29, 1.82) is 0 Å². The van der Waals surface area contributed by atoms with E-state index in [0.29, 0.717) is 31.1 Å². The molecule has 2 atom stereocenters. The van der Waals surface area contributed by atoms with Crippen LogP contribution in [-0.2, 0) is 10.0 Å². The highest BCUT2D eigenvalue weighted by atomic mass is 32.2. The Labute approximate surface area is 141 Å². The molecule has 3 N–H and O–H groups in total. The number of nitrogens with zero attached hydrogens (tertiary/aromatic N) is 2. The van der Waals surface area contributed by atoms with Crippen LogP contribution in [0.4, 0.5) is 0 Å². The molecule has 1 saturated heterocycles. The maximum Gasteiger partial charge on any atom is 0.211 e. The first-order valence-electron chi connectivity index (χ1n) is 8.47. The summed E-state index contributed by atoms with van der Waals surface area (Å²) >= 11 is 0. The lowest BCUT2D eigenvalue weighted by molar-refractivity contribution is 0.265. The fraction of sp³-hybridized carbons (Fsp3) is 0.933. The van der Waals surface area contributed by atoms with Crippen LogP contribution in [0.25, 0.3) is 0 Å². The normalized spacial score (nSPS) is 23.5. The van der Waals surface area contributed by atoms with Crippen LogP contribution >= 0.6 is 0 Å². The van der Waals surface area contributed by atoms with Crippen LogP contribution in [-0.4, -0.2) is 70.3 Å². The summed E-state index contributed by atoms with van der Waals surface area (Å²) in [6.45, 7) is 11.6. The van der Waals surface area contributed by atoms with E-state index in [0.717, 1.165) is 25.5 Å². The van der Waals surface area contributed by atoms with Crippen molar-refractivity contribution in [2.45, 2.75) is 46.2 Å². The van der Waals surface area contributed by atoms with Gasteiger partial charge in [0.25, 0.3) is 0 Å². The summed E-state index contributed by atoms with van der Waals surface area (Å²) in [4.78, 5) is 6.72. The molecule has 0 aliphatic carbocycles. The van der Waals surface area contributed by atoms with Gasteiger partial charge >= 0.3 is 0 Å². The van der Waals surface area contributed by atoms with Gasteiger partial charge < -0.3 is 10.6 Å². The van der Waals surface area contributed by atoms with Gasteiger partial charge in [-0.1, -0.05) is 6.92 Å². The monoisotopic (exact) mass is 347 g/mol. The number of sulfonamides is 1. The van der Waals surface area contributed by atoms with Gasteiger partial charge in [0.15, 0.2) is 5.96 Å². The summed E-state index contributed by atoms with van der Waals surface area (Å²) in [6.07, 6.45) is 0.721. The molecule has 0 aromatic rings. The Balaban J connectivity index is 2.30. The van der Waals surface area contributed by atoms with E-state index in [2.05, 4.69) is 46.0 Å². The quantitative estimate of drug-likeness (QED) is 0.332. The molecule has 0 saturated carbocycles. The predicted octanol–water partition coefficient (Wildman–Crippen LogP) is 0.210. The van der Waals surface area contributed by atoms with Crippen LogP contribution < -0.4 is 15.4 Å². The lowest BCUT2D eigenvalue weighted by atomic mass is 10.1. The van der Waals surface area contributed by atoms with Gasteiger partial charge in [0.05, 0.1) is 5.75 Å². The van der Waals surface area contributed by atoms with E-state index in [-0.39, 0.29) is 5.75 Å². The molecule has 2 unspecified atom stereocenters. The number of hydrogen-bond acceptors (Lipinski definition) is 4. The minimum Gasteiger partial charge on any atom is -0.356 e. The van der Waals surface area contributed by atoms with Crippen molar-refractivity contribution in [3.05, 3.63) is 0 Å². The summed E-state index contributed by atoms with van der Waals surface area (Å²) in [6, 6.07) is 0.952. The highest BCUT2D eigenvalue weighted by molar-refractivity contribution is 7.89. The fourth-order valence-electron chi connectivity index (χ4n) is 2.61. The first-order valence-corrected chi connectivity index (χ1v) is 10.1. The third-order valence-corrected chi connectivity index (χ3v) is 5.67. The molecule has 136 valence electrons. The molecule has 0 aromatic heterocycles. The summed E-state index contributed by atoms with van der Waals surface area (Å²) in [5, 5.41) is 6.73. The lowest BCUT2D eigenvalue weighted by Gasteiger charge is -2.22. The minimum atomic E-state index is -3.10. The van der Waals surface area contributed by atoms with Gasteiger partial charge in [0.1, 0.15) is 0 Å². The number of guanidine groups is 1. The molecule has 23 heavy (non-hydrogen) atoms. The Morgan fingerprint density at radius 1 is 1.30 bits per heavy atom. The Hall–Kier alpha value is -0.860. The predicted molar refractivity (Wildman–Crippen MR) is 96.2 cm³/mol. The number of nitrogens with one attached hydrogen (secondary N) is 3. The molecule has 1 aliphatic rings. The Kier molecular flexibility index (Phi) is 8.28. The third kappa shape index (κ3) is 7.05. The van der Waals surface area contributed by atoms with Gasteiger partial charge in [-0.25, -0.2) is 13.1 Å². The van der Waals surface area contributed by atoms with E-state index < -0.39 is 10.0 Å². The summed E-state index contributed by atoms with van der Waals surface area (Å²) < 4.78 is 25.2. The molecule has 1 heterocycles. The molecule has 1 rings (SSSR count). The third-order valence-electron chi connectivity index (χ3n) is 4.26. The molecule has 8 heteroatoms. The van der Waals surface area contributed by atoms with Gasteiger partial charge in [-0.15, -0.1) is 0 Å². The van der Waals surface area contributed by atoms with Crippen molar-refractivity contribution in [3.63, 3.8) is 0 Å². The first kappa shape index (κ1) is 20.2. The van der Waals surface area contributed by atoms with Gasteiger partial charge in [0, 0.05) is 45.3 Å². The van der Waals surface area contributed by atoms with Gasteiger partial charge in [-0.05, 0) is 33.1 Å². The molecular weight excluding hydrogens is 314 g/mol. The van der Waals surface area contributed by atoms with Crippen molar-refractivity contribution in [3.8, 4) is 0 Å². The Morgan fingerprint density at radius 2 is 2.00 bits per heavy atom. The summed E-state index contributed by atoms with van der Waals surface area (Å²) in [7, 11) is -1.34. The van der Waals surface area contributed by atoms with Crippen molar-refractivity contribution >= 4 is 16.0 Å². The van der Waals surface area contributed by atoms with Crippen LogP contribution in [0.5, 0.6) is 0 Å². The van der Waals surface area contributed by atoms with Crippen LogP contribution in [0, 0.1) is 5.92 Å². The standard InChI is InChI=1S/C15H33N5O2S/c1-6-23(21,22)18-9-7-8-17-15(16-5)19-14-11-20(12(2)3)10-13(14)4/h12-14,18H,6-11H2,1-5H3,(H2,16,17,19). The second kappa shape index (κ2) is 9.44. The Bertz CT molecular complexity index is 478. The number of hydrogen-bond donors (Lipinski definition) is 3. The number of likely N-dealkylation sites (tertiary alicyclic amines) is 1. The van der Waals surface area contributed by atoms with Crippen LogP contribution in [0.3, 0.4) is 0 Å². The van der Waals surface area contributed by atoms with Gasteiger partial charge in [-0.3, -0.25) is 9.89 Å². The SMILES string of the molecule is CCS(=O)(=O)NCCCNC(=NC)NC1CN(C(C)C)CC1C. The zero-order chi connectivity index (χ0) is 17.5. The molecule has 0 spiro atoms. The zero-order valence-electron chi connectivity index (χ0n) is 15.1. The number of aliphatic imine (C=N–C) groups is 1. The summed E-state index contributed by atoms with van der Waals surface area (Å²) in [5.41, 5.74) is 0. The molecule has 0 amide bonds. The molecule has 0 aromatic carbocycles. The lowest BCUT2D eigenvalue weighted by Crippen LogP contribution is -2.47. The maximum absolute atomic E-state index is 11.3. The molecular formula is C15H33N5O2S. The van der Waals surface area contributed by atoms with Crippen molar-refractivity contribution in [1.82, 2.24) is 20.3 Å². The second-order valence-electron chi connectivity index (χ2n) is 6.43. The van der Waals surface area contributed by atoms with Crippen LogP contribution in [0.15, 0.2) is 4.99 Å². The van der Waals surface area contributed by atoms with E-state index in [1.165, 1.54) is 0 Å². The van der Waals surface area contributed by atoms with Crippen molar-refractivity contribution in [2.24, 2.45) is 10.9 Å². The fourth-order valence-corrected chi connectivity index (χ4v) is 3.27. The topological polar surface area (TPSA) is 85.8 Å². The smallest absolute Gasteiger partial charge is 0.211 e. The van der Waals surface area contributed by atoms with E-state index in [1.807, 2.05) is 0 Å². The van der Waals surface area contributed by atoms with Crippen molar-refractivity contribution in [2.75, 3.05) is 39.0 Å². The average molecular weight is 348 g/mol. The molecule has 0 radical (unpaired) electrons. The Morgan fingerprint density at radius 3 is 2.52 bits per heavy atom. The molecule has 0 bridgehead atoms. The van der Waals surface area contributed by atoms with E-state index in [1.54, 1.807) is 14.0 Å². The second-order valence-corrected chi connectivity index (χ2v) is 8.52. The molecule has 7 nitrogen and oxygen atoms in total. The first-order chi connectivity index (χ1) is 10.8. The van der Waals surface area contributed by atoms with E-state index >= 15 is 0 Å². The van der Waals surface area contributed by atoms with Crippen LogP contribution in [0.2, 0.25) is 0 Å². The highest BCUT2D eigenvalue weighted by Gasteiger charge is 2.31. The van der Waals surface area contributed by atoms with E-state index in [4.69, 9.17) is 0 Å². The summed E-state index contributed by atoms with van der Waals surface area (Å²) in [5.74, 6) is 1.48. The maximum atomic E-state index is 11.3. The molecule has 1 aliphatic heterocycles. The van der Waals surface area contributed by atoms with Gasteiger partial charge in [-0.2, -0.15) is 0 Å². The highest BCUT2D eigenvalue weighted by Crippen LogP contribution is 2.18. The van der Waals surface area contributed by atoms with Crippen LogP contribution in [0.1, 0.15) is 34.1 Å². The zero-order valence-corrected chi connectivity index (χ0v) is 15.9.